The highest BCUT2D eigenvalue weighted by molar-refractivity contribution is 6.33. The van der Waals surface area contributed by atoms with Gasteiger partial charge in [-0.3, -0.25) is 9.48 Å². The second-order valence-corrected chi connectivity index (χ2v) is 8.11. The molecule has 0 unspecified atom stereocenters. The summed E-state index contributed by atoms with van der Waals surface area (Å²) < 4.78 is 46.4. The highest BCUT2D eigenvalue weighted by Gasteiger charge is 2.44. The number of aryl methyl sites for hydroxylation is 1. The largest absolute Gasteiger partial charge is 0.493 e. The van der Waals surface area contributed by atoms with Crippen LogP contribution in [0.3, 0.4) is 0 Å². The van der Waals surface area contributed by atoms with Crippen molar-refractivity contribution in [2.45, 2.75) is 6.18 Å². The van der Waals surface area contributed by atoms with Gasteiger partial charge in [-0.2, -0.15) is 18.3 Å². The summed E-state index contributed by atoms with van der Waals surface area (Å²) >= 11 is 6.28. The van der Waals surface area contributed by atoms with E-state index in [0.717, 1.165) is 0 Å². The first-order chi connectivity index (χ1) is 16.9. The first-order valence-electron chi connectivity index (χ1n) is 10.5. The molecule has 0 aliphatic carbocycles. The molecule has 0 fully saturated rings. The molecule has 2 N–H and O–H groups in total. The molecule has 3 aromatic rings. The van der Waals surface area contributed by atoms with Crippen molar-refractivity contribution in [3.05, 3.63) is 59.2 Å². The summed E-state index contributed by atoms with van der Waals surface area (Å²) in [5, 5.41) is 4.56. The third kappa shape index (κ3) is 5.89. The average Bonchev–Trinajstić information content (AvgIpc) is 3.17. The quantitative estimate of drug-likeness (QED) is 0.468. The molecular formula is C23H23ClF3N5O4. The first kappa shape index (κ1) is 26.8. The Hall–Kier alpha value is -3.77. The van der Waals surface area contributed by atoms with Gasteiger partial charge in [0.05, 0.1) is 22.6 Å². The van der Waals surface area contributed by atoms with Crippen molar-refractivity contribution in [1.29, 1.82) is 0 Å². The van der Waals surface area contributed by atoms with Crippen LogP contribution in [0.25, 0.3) is 11.3 Å². The molecule has 192 valence electrons. The minimum Gasteiger partial charge on any atom is -0.492 e. The number of carbonyl (C=O) groups excluding carboxylic acids is 2. The number of hydrogen-bond acceptors (Lipinski definition) is 7. The van der Waals surface area contributed by atoms with Crippen LogP contribution in [0.15, 0.2) is 48.7 Å². The van der Waals surface area contributed by atoms with Gasteiger partial charge in [-0.1, -0.05) is 17.7 Å². The zero-order valence-corrected chi connectivity index (χ0v) is 20.3. The van der Waals surface area contributed by atoms with Crippen LogP contribution in [0.2, 0.25) is 5.02 Å². The molecule has 13 heteroatoms. The van der Waals surface area contributed by atoms with Crippen molar-refractivity contribution in [1.82, 2.24) is 9.78 Å². The average molecular weight is 526 g/mol. The van der Waals surface area contributed by atoms with E-state index in [-0.39, 0.29) is 45.8 Å². The first-order valence-corrected chi connectivity index (χ1v) is 10.9. The monoisotopic (exact) mass is 525 g/mol. The molecule has 1 amide bonds. The molecule has 0 aliphatic heterocycles. The smallest absolute Gasteiger partial charge is 0.492 e. The fourth-order valence-electron chi connectivity index (χ4n) is 3.22. The van der Waals surface area contributed by atoms with E-state index >= 15 is 0 Å². The summed E-state index contributed by atoms with van der Waals surface area (Å²) in [4.78, 5) is 31.4. The second kappa shape index (κ2) is 10.9. The minimum absolute atomic E-state index is 0.0141. The van der Waals surface area contributed by atoms with Gasteiger partial charge in [0.25, 0.3) is 5.91 Å². The standard InChI is InChI=1S/C23H23ClF3N5O4/c1-30(2)15-6-4-5-14(11-15)21(33)32(36-22(34)23(25,26)27)16-7-8-19(35-10-9-28)17(12-16)20-18(24)13-29-31(20)3/h4-8,11-13H,9-10,28H2,1-3H3. The Morgan fingerprint density at radius 2 is 1.86 bits per heavy atom. The second-order valence-electron chi connectivity index (χ2n) is 7.70. The van der Waals surface area contributed by atoms with Crippen LogP contribution < -0.4 is 20.4 Å². The van der Waals surface area contributed by atoms with Crippen LogP contribution >= 0.6 is 11.6 Å². The fourth-order valence-corrected chi connectivity index (χ4v) is 3.49. The Bertz CT molecular complexity index is 1240. The lowest BCUT2D eigenvalue weighted by atomic mass is 10.1. The molecule has 1 aromatic heterocycles. The number of aromatic nitrogens is 2. The van der Waals surface area contributed by atoms with Gasteiger partial charge in [0, 0.05) is 44.5 Å². The van der Waals surface area contributed by atoms with E-state index in [9.17, 15) is 22.8 Å². The summed E-state index contributed by atoms with van der Waals surface area (Å²) in [5.74, 6) is -3.30. The molecule has 36 heavy (non-hydrogen) atoms. The molecule has 0 bridgehead atoms. The number of hydroxylamine groups is 1. The number of alkyl halides is 3. The van der Waals surface area contributed by atoms with Gasteiger partial charge in [-0.25, -0.2) is 4.79 Å². The number of benzene rings is 2. The van der Waals surface area contributed by atoms with Crippen molar-refractivity contribution in [3.63, 3.8) is 0 Å². The Morgan fingerprint density at radius 1 is 1.14 bits per heavy atom. The summed E-state index contributed by atoms with van der Waals surface area (Å²) in [6.07, 6.45) is -3.97. The molecule has 9 nitrogen and oxygen atoms in total. The lowest BCUT2D eigenvalue weighted by Gasteiger charge is -2.24. The molecule has 0 radical (unpaired) electrons. The maximum atomic E-state index is 13.3. The Morgan fingerprint density at radius 3 is 2.44 bits per heavy atom. The number of rotatable bonds is 7. The van der Waals surface area contributed by atoms with Gasteiger partial charge in [0.15, 0.2) is 0 Å². The SMILES string of the molecule is CN(C)c1cccc(C(=O)N(OC(=O)C(F)(F)F)c2ccc(OCCN)c(-c3c(Cl)cnn3C)c2)c1. The van der Waals surface area contributed by atoms with E-state index in [2.05, 4.69) is 9.94 Å². The Labute approximate surface area is 209 Å². The van der Waals surface area contributed by atoms with Crippen LogP contribution in [0, 0.1) is 0 Å². The highest BCUT2D eigenvalue weighted by atomic mass is 35.5. The minimum atomic E-state index is -5.34. The maximum absolute atomic E-state index is 13.3. The van der Waals surface area contributed by atoms with E-state index in [1.54, 1.807) is 38.2 Å². The normalized spacial score (nSPS) is 11.2. The van der Waals surface area contributed by atoms with Crippen LogP contribution in [0.4, 0.5) is 24.5 Å². The van der Waals surface area contributed by atoms with Crippen molar-refractivity contribution in [2.75, 3.05) is 37.2 Å². The van der Waals surface area contributed by atoms with Gasteiger partial charge in [-0.05, 0) is 36.4 Å². The van der Waals surface area contributed by atoms with Gasteiger partial charge in [0.2, 0.25) is 0 Å². The number of anilines is 2. The van der Waals surface area contributed by atoms with Gasteiger partial charge in [0.1, 0.15) is 12.4 Å². The number of ether oxygens (including phenoxy) is 1. The number of amides is 1. The van der Waals surface area contributed by atoms with E-state index in [1.807, 2.05) is 0 Å². The fraction of sp³-hybridized carbons (Fsp3) is 0.261. The molecule has 3 rings (SSSR count). The number of hydrogen-bond donors (Lipinski definition) is 1. The highest BCUT2D eigenvalue weighted by Crippen LogP contribution is 2.38. The van der Waals surface area contributed by atoms with Crippen molar-refractivity contribution in [3.8, 4) is 17.0 Å². The lowest BCUT2D eigenvalue weighted by molar-refractivity contribution is -0.199. The molecular weight excluding hydrogens is 503 g/mol. The number of nitrogens with zero attached hydrogens (tertiary/aromatic N) is 4. The Balaban J connectivity index is 2.16. The molecule has 0 aliphatic rings. The molecule has 1 heterocycles. The third-order valence-electron chi connectivity index (χ3n) is 4.92. The molecule has 0 saturated carbocycles. The number of nitrogens with two attached hydrogens (primary N) is 1. The molecule has 0 saturated heterocycles. The third-order valence-corrected chi connectivity index (χ3v) is 5.20. The van der Waals surface area contributed by atoms with Gasteiger partial charge >= 0.3 is 12.1 Å². The molecule has 2 aromatic carbocycles. The Kier molecular flexibility index (Phi) is 8.10. The van der Waals surface area contributed by atoms with E-state index in [1.165, 1.54) is 41.2 Å². The zero-order valence-electron chi connectivity index (χ0n) is 19.5. The van der Waals surface area contributed by atoms with E-state index in [4.69, 9.17) is 22.1 Å². The van der Waals surface area contributed by atoms with Gasteiger partial charge in [-0.15, -0.1) is 5.06 Å². The van der Waals surface area contributed by atoms with Crippen LogP contribution in [-0.4, -0.2) is 55.1 Å². The van der Waals surface area contributed by atoms with Crippen molar-refractivity contribution >= 4 is 34.9 Å². The van der Waals surface area contributed by atoms with Crippen molar-refractivity contribution < 1.29 is 32.3 Å². The maximum Gasteiger partial charge on any atom is 0.493 e. The topological polar surface area (TPSA) is 103 Å². The summed E-state index contributed by atoms with van der Waals surface area (Å²) in [5.41, 5.74) is 6.58. The predicted molar refractivity (Wildman–Crippen MR) is 128 cm³/mol. The molecule has 0 atom stereocenters. The van der Waals surface area contributed by atoms with E-state index < -0.39 is 18.1 Å². The van der Waals surface area contributed by atoms with Gasteiger partial charge < -0.3 is 20.2 Å². The summed E-state index contributed by atoms with van der Waals surface area (Å²) in [6.45, 7) is 0.321. The van der Waals surface area contributed by atoms with E-state index in [0.29, 0.717) is 11.4 Å². The van der Waals surface area contributed by atoms with Crippen LogP contribution in [-0.2, 0) is 16.7 Å². The summed E-state index contributed by atoms with van der Waals surface area (Å²) in [7, 11) is 5.06. The zero-order chi connectivity index (χ0) is 26.6. The van der Waals surface area contributed by atoms with Crippen molar-refractivity contribution in [2.24, 2.45) is 12.8 Å². The molecule has 0 spiro atoms. The lowest BCUT2D eigenvalue weighted by Crippen LogP contribution is -2.39. The van der Waals surface area contributed by atoms with Crippen LogP contribution in [0.5, 0.6) is 5.75 Å². The number of carbonyl (C=O) groups is 2. The van der Waals surface area contributed by atoms with Crippen LogP contribution in [0.1, 0.15) is 10.4 Å². The summed E-state index contributed by atoms with van der Waals surface area (Å²) in [6, 6.07) is 10.1. The number of halogens is 4. The predicted octanol–water partition coefficient (Wildman–Crippen LogP) is 3.81.